The molecule has 0 aliphatic heterocycles. The summed E-state index contributed by atoms with van der Waals surface area (Å²) in [7, 11) is 0. The van der Waals surface area contributed by atoms with E-state index in [2.05, 4.69) is 10.3 Å². The average Bonchev–Trinajstić information content (AvgIpc) is 3.15. The number of carbonyl (C=O) groups excluding carboxylic acids is 2. The van der Waals surface area contributed by atoms with Crippen molar-refractivity contribution in [2.75, 3.05) is 6.61 Å². The van der Waals surface area contributed by atoms with Crippen molar-refractivity contribution in [2.45, 2.75) is 19.4 Å². The molecule has 0 aliphatic carbocycles. The number of nitrogens with one attached hydrogen (secondary N) is 2. The molecule has 1 aromatic heterocycles. The van der Waals surface area contributed by atoms with Crippen LogP contribution in [0.5, 0.6) is 0 Å². The SMILES string of the molecule is CCOC(=O)C(Cc1c[nH]c2ccccc12)NC(=O)c1cc([N+](=O)[O-])cc([N+](=O)[O-])c1. The molecule has 2 N–H and O–H groups in total. The summed E-state index contributed by atoms with van der Waals surface area (Å²) >= 11 is 0. The van der Waals surface area contributed by atoms with Gasteiger partial charge in [0.1, 0.15) is 6.04 Å². The first-order chi connectivity index (χ1) is 14.8. The van der Waals surface area contributed by atoms with Crippen LogP contribution in [0.3, 0.4) is 0 Å². The summed E-state index contributed by atoms with van der Waals surface area (Å²) in [6.07, 6.45) is 1.80. The third-order valence-corrected chi connectivity index (χ3v) is 4.56. The lowest BCUT2D eigenvalue weighted by atomic mass is 10.0. The molecule has 1 atom stereocenters. The largest absolute Gasteiger partial charge is 0.464 e. The van der Waals surface area contributed by atoms with E-state index in [0.29, 0.717) is 0 Å². The third-order valence-electron chi connectivity index (χ3n) is 4.56. The van der Waals surface area contributed by atoms with E-state index in [4.69, 9.17) is 4.74 Å². The molecule has 0 aliphatic rings. The monoisotopic (exact) mass is 426 g/mol. The number of hydrogen-bond acceptors (Lipinski definition) is 7. The van der Waals surface area contributed by atoms with Crippen LogP contribution in [0.2, 0.25) is 0 Å². The quantitative estimate of drug-likeness (QED) is 0.318. The Labute approximate surface area is 175 Å². The molecular formula is C20H18N4O7. The molecule has 0 saturated carbocycles. The molecule has 1 heterocycles. The van der Waals surface area contributed by atoms with Crippen molar-refractivity contribution >= 4 is 34.2 Å². The molecule has 0 bridgehead atoms. The van der Waals surface area contributed by atoms with Crippen molar-refractivity contribution in [1.29, 1.82) is 0 Å². The van der Waals surface area contributed by atoms with Crippen molar-refractivity contribution in [3.63, 3.8) is 0 Å². The Morgan fingerprint density at radius 2 is 1.74 bits per heavy atom. The highest BCUT2D eigenvalue weighted by atomic mass is 16.6. The maximum Gasteiger partial charge on any atom is 0.328 e. The van der Waals surface area contributed by atoms with Crippen LogP contribution in [0.25, 0.3) is 10.9 Å². The van der Waals surface area contributed by atoms with Crippen LogP contribution in [0.4, 0.5) is 11.4 Å². The standard InChI is InChI=1S/C20H18N4O7/c1-2-31-20(26)18(9-13-11-21-17-6-4-3-5-16(13)17)22-19(25)12-7-14(23(27)28)10-15(8-12)24(29)30/h3-8,10-11,18,21H,2,9H2,1H3,(H,22,25). The zero-order chi connectivity index (χ0) is 22.5. The Kier molecular flexibility index (Phi) is 6.24. The maximum absolute atomic E-state index is 12.7. The Hall–Kier alpha value is -4.28. The zero-order valence-electron chi connectivity index (χ0n) is 16.4. The van der Waals surface area contributed by atoms with Crippen molar-refractivity contribution in [1.82, 2.24) is 10.3 Å². The number of rotatable bonds is 8. The Bertz CT molecular complexity index is 1140. The molecule has 2 aromatic carbocycles. The highest BCUT2D eigenvalue weighted by molar-refractivity contribution is 5.98. The maximum atomic E-state index is 12.7. The van der Waals surface area contributed by atoms with Gasteiger partial charge in [-0.1, -0.05) is 18.2 Å². The first-order valence-corrected chi connectivity index (χ1v) is 9.26. The molecule has 160 valence electrons. The molecule has 11 heteroatoms. The fraction of sp³-hybridized carbons (Fsp3) is 0.200. The van der Waals surface area contributed by atoms with E-state index < -0.39 is 39.1 Å². The second kappa shape index (κ2) is 9.03. The molecule has 0 radical (unpaired) electrons. The second-order valence-electron chi connectivity index (χ2n) is 6.59. The van der Waals surface area contributed by atoms with Crippen LogP contribution in [0.15, 0.2) is 48.7 Å². The number of H-pyrrole nitrogens is 1. The first-order valence-electron chi connectivity index (χ1n) is 9.26. The van der Waals surface area contributed by atoms with Gasteiger partial charge in [-0.25, -0.2) is 4.79 Å². The van der Waals surface area contributed by atoms with Gasteiger partial charge in [0.2, 0.25) is 0 Å². The van der Waals surface area contributed by atoms with Gasteiger partial charge in [-0.3, -0.25) is 25.0 Å². The van der Waals surface area contributed by atoms with Gasteiger partial charge in [-0.2, -0.15) is 0 Å². The number of nitrogens with zero attached hydrogens (tertiary/aromatic N) is 2. The number of nitro groups is 2. The normalized spacial score (nSPS) is 11.6. The highest BCUT2D eigenvalue weighted by Gasteiger charge is 2.26. The molecule has 31 heavy (non-hydrogen) atoms. The zero-order valence-corrected chi connectivity index (χ0v) is 16.4. The summed E-state index contributed by atoms with van der Waals surface area (Å²) in [5.74, 6) is -1.56. The summed E-state index contributed by atoms with van der Waals surface area (Å²) < 4.78 is 5.05. The van der Waals surface area contributed by atoms with E-state index in [1.165, 1.54) is 0 Å². The number of hydrogen-bond donors (Lipinski definition) is 2. The fourth-order valence-corrected chi connectivity index (χ4v) is 3.14. The minimum Gasteiger partial charge on any atom is -0.464 e. The predicted molar refractivity (Wildman–Crippen MR) is 110 cm³/mol. The molecular weight excluding hydrogens is 408 g/mol. The van der Waals surface area contributed by atoms with Gasteiger partial charge in [-0.05, 0) is 18.6 Å². The first kappa shape index (κ1) is 21.4. The van der Waals surface area contributed by atoms with E-state index in [1.54, 1.807) is 13.1 Å². The van der Waals surface area contributed by atoms with Crippen molar-refractivity contribution in [2.24, 2.45) is 0 Å². The molecule has 0 fully saturated rings. The number of fused-ring (bicyclic) bond motifs is 1. The molecule has 0 saturated heterocycles. The van der Waals surface area contributed by atoms with E-state index in [9.17, 15) is 29.8 Å². The van der Waals surface area contributed by atoms with Gasteiger partial charge in [0.15, 0.2) is 0 Å². The summed E-state index contributed by atoms with van der Waals surface area (Å²) in [4.78, 5) is 48.7. The van der Waals surface area contributed by atoms with Gasteiger partial charge >= 0.3 is 5.97 Å². The lowest BCUT2D eigenvalue weighted by Gasteiger charge is -2.17. The Morgan fingerprint density at radius 1 is 1.10 bits per heavy atom. The molecule has 0 spiro atoms. The molecule has 3 aromatic rings. The Balaban J connectivity index is 1.91. The molecule has 3 rings (SSSR count). The van der Waals surface area contributed by atoms with Gasteiger partial charge in [0.05, 0.1) is 28.1 Å². The number of benzene rings is 2. The summed E-state index contributed by atoms with van der Waals surface area (Å²) in [5.41, 5.74) is 0.0705. The summed E-state index contributed by atoms with van der Waals surface area (Å²) in [6, 6.07) is 8.87. The molecule has 11 nitrogen and oxygen atoms in total. The van der Waals surface area contributed by atoms with Crippen LogP contribution in [-0.2, 0) is 16.0 Å². The van der Waals surface area contributed by atoms with Crippen molar-refractivity contribution in [3.8, 4) is 0 Å². The number of ether oxygens (including phenoxy) is 1. The van der Waals surface area contributed by atoms with Crippen LogP contribution in [0.1, 0.15) is 22.8 Å². The number of aromatic nitrogens is 1. The number of non-ortho nitro benzene ring substituents is 2. The second-order valence-corrected chi connectivity index (χ2v) is 6.59. The Morgan fingerprint density at radius 3 is 2.35 bits per heavy atom. The smallest absolute Gasteiger partial charge is 0.328 e. The van der Waals surface area contributed by atoms with E-state index in [-0.39, 0.29) is 18.6 Å². The molecule has 1 unspecified atom stereocenters. The lowest BCUT2D eigenvalue weighted by Crippen LogP contribution is -2.43. The number of aromatic amines is 1. The number of amides is 1. The van der Waals surface area contributed by atoms with Crippen molar-refractivity contribution in [3.05, 3.63) is 80.0 Å². The summed E-state index contributed by atoms with van der Waals surface area (Å²) in [5, 5.41) is 25.5. The number of esters is 1. The number of carbonyl (C=O) groups is 2. The van der Waals surface area contributed by atoms with Crippen LogP contribution < -0.4 is 5.32 Å². The minimum atomic E-state index is -1.11. The van der Waals surface area contributed by atoms with Gasteiger partial charge in [0.25, 0.3) is 17.3 Å². The van der Waals surface area contributed by atoms with Crippen LogP contribution >= 0.6 is 0 Å². The topological polar surface area (TPSA) is 157 Å². The fourth-order valence-electron chi connectivity index (χ4n) is 3.14. The van der Waals surface area contributed by atoms with Gasteiger partial charge in [0, 0.05) is 35.7 Å². The predicted octanol–water partition coefficient (Wildman–Crippen LogP) is 2.89. The van der Waals surface area contributed by atoms with Crippen LogP contribution in [-0.4, -0.2) is 39.4 Å². The van der Waals surface area contributed by atoms with Crippen molar-refractivity contribution < 1.29 is 24.2 Å². The van der Waals surface area contributed by atoms with E-state index >= 15 is 0 Å². The molecule has 1 amide bonds. The van der Waals surface area contributed by atoms with Gasteiger partial charge < -0.3 is 15.0 Å². The highest BCUT2D eigenvalue weighted by Crippen LogP contribution is 2.23. The van der Waals surface area contributed by atoms with E-state index in [0.717, 1.165) is 34.7 Å². The third kappa shape index (κ3) is 4.83. The summed E-state index contributed by atoms with van der Waals surface area (Å²) in [6.45, 7) is 1.70. The minimum absolute atomic E-state index is 0.0847. The number of para-hydroxylation sites is 1. The van der Waals surface area contributed by atoms with Gasteiger partial charge in [-0.15, -0.1) is 0 Å². The van der Waals surface area contributed by atoms with Crippen LogP contribution in [0, 0.1) is 20.2 Å². The lowest BCUT2D eigenvalue weighted by molar-refractivity contribution is -0.394. The van der Waals surface area contributed by atoms with E-state index in [1.807, 2.05) is 24.3 Å². The number of nitro benzene ring substituents is 2. The average molecular weight is 426 g/mol.